The average molecular weight is 318 g/mol. The van der Waals surface area contributed by atoms with E-state index in [4.69, 9.17) is 10.5 Å². The van der Waals surface area contributed by atoms with Gasteiger partial charge in [0.25, 0.3) is 0 Å². The molecule has 0 radical (unpaired) electrons. The van der Waals surface area contributed by atoms with Crippen molar-refractivity contribution >= 4 is 11.8 Å². The van der Waals surface area contributed by atoms with E-state index in [1.807, 2.05) is 30.3 Å². The maximum atomic E-state index is 13.2. The van der Waals surface area contributed by atoms with Gasteiger partial charge in [0.15, 0.2) is 5.78 Å². The van der Waals surface area contributed by atoms with Crippen LogP contribution in [0.15, 0.2) is 30.3 Å². The second-order valence-corrected chi connectivity index (χ2v) is 6.33. The van der Waals surface area contributed by atoms with Crippen LogP contribution in [-0.2, 0) is 20.7 Å². The number of rotatable bonds is 6. The molecule has 1 aliphatic carbocycles. The van der Waals surface area contributed by atoms with Gasteiger partial charge in [-0.3, -0.25) is 9.59 Å². The molecule has 0 spiro atoms. The monoisotopic (exact) mass is 318 g/mol. The maximum Gasteiger partial charge on any atom is 0.319 e. The molecule has 2 rings (SSSR count). The number of methoxy groups -OCH3 is 1. The third-order valence-corrected chi connectivity index (χ3v) is 4.78. The van der Waals surface area contributed by atoms with Crippen LogP contribution < -0.4 is 11.1 Å². The van der Waals surface area contributed by atoms with E-state index in [0.29, 0.717) is 19.3 Å². The number of Topliss-reactive ketones (excluding diaryl/α,β-unsaturated/α-hetero) is 1. The van der Waals surface area contributed by atoms with Crippen LogP contribution in [0.1, 0.15) is 31.2 Å². The molecule has 1 saturated carbocycles. The van der Waals surface area contributed by atoms with E-state index >= 15 is 0 Å². The van der Waals surface area contributed by atoms with Gasteiger partial charge in [0.1, 0.15) is 5.41 Å². The maximum absolute atomic E-state index is 13.2. The number of hydrogen-bond acceptors (Lipinski definition) is 5. The number of benzene rings is 1. The van der Waals surface area contributed by atoms with Crippen molar-refractivity contribution in [2.75, 3.05) is 14.2 Å². The van der Waals surface area contributed by atoms with Crippen molar-refractivity contribution in [2.24, 2.45) is 11.1 Å². The number of carbonyl (C=O) groups excluding carboxylic acids is 2. The SMILES string of the molecule is CNC(Cc1ccccc1)C(=O)C1(C(=O)OC)CCCC(N)C1. The molecule has 5 heteroatoms. The lowest BCUT2D eigenvalue weighted by Crippen LogP contribution is -2.54. The van der Waals surface area contributed by atoms with E-state index in [0.717, 1.165) is 18.4 Å². The van der Waals surface area contributed by atoms with Crippen LogP contribution in [-0.4, -0.2) is 38.0 Å². The smallest absolute Gasteiger partial charge is 0.319 e. The topological polar surface area (TPSA) is 81.4 Å². The minimum atomic E-state index is -1.12. The summed E-state index contributed by atoms with van der Waals surface area (Å²) < 4.78 is 4.96. The highest BCUT2D eigenvalue weighted by molar-refractivity contribution is 6.06. The van der Waals surface area contributed by atoms with Crippen molar-refractivity contribution in [1.82, 2.24) is 5.32 Å². The van der Waals surface area contributed by atoms with E-state index < -0.39 is 17.4 Å². The van der Waals surface area contributed by atoms with E-state index in [1.54, 1.807) is 7.05 Å². The molecule has 0 amide bonds. The molecule has 1 fully saturated rings. The second-order valence-electron chi connectivity index (χ2n) is 6.33. The normalized spacial score (nSPS) is 25.6. The van der Waals surface area contributed by atoms with Crippen molar-refractivity contribution in [2.45, 2.75) is 44.2 Å². The Hall–Kier alpha value is -1.72. The summed E-state index contributed by atoms with van der Waals surface area (Å²) in [6.45, 7) is 0. The lowest BCUT2D eigenvalue weighted by molar-refractivity contribution is -0.161. The van der Waals surface area contributed by atoms with Gasteiger partial charge in [-0.05, 0) is 38.3 Å². The van der Waals surface area contributed by atoms with Gasteiger partial charge in [-0.1, -0.05) is 36.8 Å². The van der Waals surface area contributed by atoms with Gasteiger partial charge in [0, 0.05) is 6.04 Å². The van der Waals surface area contributed by atoms with Gasteiger partial charge >= 0.3 is 5.97 Å². The van der Waals surface area contributed by atoms with Gasteiger partial charge in [-0.2, -0.15) is 0 Å². The fourth-order valence-electron chi connectivity index (χ4n) is 3.53. The number of nitrogens with two attached hydrogens (primary N) is 1. The summed E-state index contributed by atoms with van der Waals surface area (Å²) >= 11 is 0. The number of esters is 1. The minimum Gasteiger partial charge on any atom is -0.468 e. The third kappa shape index (κ3) is 3.79. The van der Waals surface area contributed by atoms with Crippen molar-refractivity contribution in [1.29, 1.82) is 0 Å². The number of nitrogens with one attached hydrogen (secondary N) is 1. The summed E-state index contributed by atoms with van der Waals surface area (Å²) in [5.41, 5.74) is 5.99. The molecule has 0 aliphatic heterocycles. The Balaban J connectivity index is 2.26. The molecule has 0 bridgehead atoms. The molecule has 1 aliphatic rings. The highest BCUT2D eigenvalue weighted by Gasteiger charge is 2.51. The Morgan fingerprint density at radius 2 is 2.09 bits per heavy atom. The molecular weight excluding hydrogens is 292 g/mol. The van der Waals surface area contributed by atoms with Crippen molar-refractivity contribution < 1.29 is 14.3 Å². The van der Waals surface area contributed by atoms with Gasteiger partial charge in [-0.25, -0.2) is 0 Å². The van der Waals surface area contributed by atoms with Gasteiger partial charge in [0.2, 0.25) is 0 Å². The van der Waals surface area contributed by atoms with Gasteiger partial charge in [-0.15, -0.1) is 0 Å². The van der Waals surface area contributed by atoms with Crippen LogP contribution in [0.25, 0.3) is 0 Å². The standard InChI is InChI=1S/C18H26N2O3/c1-20-15(11-13-7-4-3-5-8-13)16(21)18(17(22)23-2)10-6-9-14(19)12-18/h3-5,7-8,14-15,20H,6,9-12,19H2,1-2H3. The molecule has 5 nitrogen and oxygen atoms in total. The summed E-state index contributed by atoms with van der Waals surface area (Å²) in [7, 11) is 3.09. The highest BCUT2D eigenvalue weighted by atomic mass is 16.5. The lowest BCUT2D eigenvalue weighted by atomic mass is 9.67. The van der Waals surface area contributed by atoms with Crippen molar-refractivity contribution in [3.8, 4) is 0 Å². The van der Waals surface area contributed by atoms with Gasteiger partial charge in [0.05, 0.1) is 13.2 Å². The molecule has 0 aromatic heterocycles. The molecule has 3 unspecified atom stereocenters. The first-order valence-electron chi connectivity index (χ1n) is 8.13. The Morgan fingerprint density at radius 3 is 2.65 bits per heavy atom. The second kappa shape index (κ2) is 7.70. The fraction of sp³-hybridized carbons (Fsp3) is 0.556. The summed E-state index contributed by atoms with van der Waals surface area (Å²) in [6.07, 6.45) is 3.04. The van der Waals surface area contributed by atoms with E-state index in [9.17, 15) is 9.59 Å². The zero-order chi connectivity index (χ0) is 16.9. The summed E-state index contributed by atoms with van der Waals surface area (Å²) in [6, 6.07) is 9.22. The van der Waals surface area contributed by atoms with Crippen LogP contribution in [0.2, 0.25) is 0 Å². The number of hydrogen-bond donors (Lipinski definition) is 2. The first-order chi connectivity index (χ1) is 11.0. The molecule has 3 N–H and O–H groups in total. The Labute approximate surface area is 137 Å². The molecule has 126 valence electrons. The lowest BCUT2D eigenvalue weighted by Gasteiger charge is -2.38. The Morgan fingerprint density at radius 1 is 1.39 bits per heavy atom. The number of ether oxygens (including phenoxy) is 1. The molecule has 1 aromatic rings. The number of likely N-dealkylation sites (N-methyl/N-ethyl adjacent to an activating group) is 1. The molecule has 1 aromatic carbocycles. The Bertz CT molecular complexity index is 546. The highest BCUT2D eigenvalue weighted by Crippen LogP contribution is 2.39. The largest absolute Gasteiger partial charge is 0.468 e. The zero-order valence-corrected chi connectivity index (χ0v) is 13.9. The summed E-state index contributed by atoms with van der Waals surface area (Å²) in [4.78, 5) is 25.6. The zero-order valence-electron chi connectivity index (χ0n) is 13.9. The minimum absolute atomic E-state index is 0.106. The van der Waals surface area contributed by atoms with Gasteiger partial charge < -0.3 is 15.8 Å². The predicted octanol–water partition coefficient (Wildman–Crippen LogP) is 1.45. The van der Waals surface area contributed by atoms with Crippen LogP contribution in [0, 0.1) is 5.41 Å². The van der Waals surface area contributed by atoms with Crippen LogP contribution in [0.4, 0.5) is 0 Å². The van der Waals surface area contributed by atoms with Crippen LogP contribution >= 0.6 is 0 Å². The average Bonchev–Trinajstić information content (AvgIpc) is 2.59. The predicted molar refractivity (Wildman–Crippen MR) is 88.9 cm³/mol. The summed E-state index contributed by atoms with van der Waals surface area (Å²) in [5, 5.41) is 3.07. The molecule has 0 saturated heterocycles. The third-order valence-electron chi connectivity index (χ3n) is 4.78. The van der Waals surface area contributed by atoms with Crippen molar-refractivity contribution in [3.63, 3.8) is 0 Å². The summed E-state index contributed by atoms with van der Waals surface area (Å²) in [5.74, 6) is -0.559. The van der Waals surface area contributed by atoms with Crippen LogP contribution in [0.5, 0.6) is 0 Å². The Kier molecular flexibility index (Phi) is 5.91. The van der Waals surface area contributed by atoms with E-state index in [-0.39, 0.29) is 11.8 Å². The van der Waals surface area contributed by atoms with E-state index in [1.165, 1.54) is 7.11 Å². The van der Waals surface area contributed by atoms with Crippen LogP contribution in [0.3, 0.4) is 0 Å². The first kappa shape index (κ1) is 17.6. The molecule has 23 heavy (non-hydrogen) atoms. The number of ketones is 1. The fourth-order valence-corrected chi connectivity index (χ4v) is 3.53. The number of carbonyl (C=O) groups is 2. The van der Waals surface area contributed by atoms with Crippen molar-refractivity contribution in [3.05, 3.63) is 35.9 Å². The molecule has 0 heterocycles. The van der Waals surface area contributed by atoms with E-state index in [2.05, 4.69) is 5.32 Å². The molecule has 3 atom stereocenters. The molecular formula is C18H26N2O3. The quantitative estimate of drug-likeness (QED) is 0.613. The first-order valence-corrected chi connectivity index (χ1v) is 8.13.